The zero-order valence-electron chi connectivity index (χ0n) is 8.99. The van der Waals surface area contributed by atoms with E-state index in [1.165, 1.54) is 18.4 Å². The Hall–Kier alpha value is -1.09. The van der Waals surface area contributed by atoms with Crippen molar-refractivity contribution in [3.63, 3.8) is 0 Å². The molecule has 1 aromatic rings. The fraction of sp³-hybridized carbons (Fsp3) is 0.417. The minimum Gasteiger partial charge on any atom is -0.469 e. The lowest BCUT2D eigenvalue weighted by Crippen LogP contribution is -2.18. The Kier molecular flexibility index (Phi) is 4.74. The predicted octanol–water partition coefficient (Wildman–Crippen LogP) is 4.24. The van der Waals surface area contributed by atoms with E-state index >= 15 is 0 Å². The molecule has 0 amide bonds. The summed E-state index contributed by atoms with van der Waals surface area (Å²) >= 11 is 4.19. The molecule has 0 saturated heterocycles. The highest BCUT2D eigenvalue weighted by Crippen LogP contribution is 2.40. The topological polar surface area (TPSA) is 37.3 Å². The monoisotopic (exact) mass is 244 g/mol. The molecule has 0 aromatic heterocycles. The number of halogens is 2. The van der Waals surface area contributed by atoms with E-state index < -0.39 is 5.43 Å². The molecule has 1 aromatic carbocycles. The van der Waals surface area contributed by atoms with E-state index in [2.05, 4.69) is 18.5 Å². The number of hydrogen-bond acceptors (Lipinski definition) is 1. The van der Waals surface area contributed by atoms with Gasteiger partial charge in [0.2, 0.25) is 0 Å². The molecule has 0 spiro atoms. The number of carboxylic acid groups (broad SMARTS) is 1. The van der Waals surface area contributed by atoms with Crippen LogP contribution in [0.15, 0.2) is 24.3 Å². The molecule has 0 heterocycles. The van der Waals surface area contributed by atoms with Crippen LogP contribution in [0.25, 0.3) is 0 Å². The van der Waals surface area contributed by atoms with E-state index in [-0.39, 0.29) is 5.82 Å². The van der Waals surface area contributed by atoms with Crippen LogP contribution in [0.1, 0.15) is 31.2 Å². The zero-order valence-corrected chi connectivity index (χ0v) is 9.75. The summed E-state index contributed by atoms with van der Waals surface area (Å²) in [6.45, 7) is 2.26. The van der Waals surface area contributed by atoms with E-state index in [4.69, 9.17) is 9.90 Å². The van der Waals surface area contributed by atoms with E-state index in [1.54, 1.807) is 12.1 Å². The molecule has 1 aliphatic rings. The molecule has 16 heavy (non-hydrogen) atoms. The number of hydrogen-bond donors (Lipinski definition) is 1. The Morgan fingerprint density at radius 2 is 1.81 bits per heavy atom. The highest BCUT2D eigenvalue weighted by Gasteiger charge is 2.26. The quantitative estimate of drug-likeness (QED) is 0.750. The third-order valence-electron chi connectivity index (χ3n) is 2.72. The lowest BCUT2D eigenvalue weighted by Gasteiger charge is -2.32. The number of rotatable bonds is 1. The van der Waals surface area contributed by atoms with Crippen molar-refractivity contribution in [2.75, 3.05) is 0 Å². The fourth-order valence-electron chi connectivity index (χ4n) is 1.91. The van der Waals surface area contributed by atoms with Crippen LogP contribution >= 0.6 is 11.6 Å². The maximum atomic E-state index is 12.5. The largest absolute Gasteiger partial charge is 0.469 e. The minimum absolute atomic E-state index is 0.133. The van der Waals surface area contributed by atoms with Crippen LogP contribution in [0, 0.1) is 11.7 Å². The van der Waals surface area contributed by atoms with Gasteiger partial charge in [-0.3, -0.25) is 0 Å². The summed E-state index contributed by atoms with van der Waals surface area (Å²) in [5.74, 6) is 1.42. The third kappa shape index (κ3) is 4.19. The molecule has 88 valence electrons. The SMILES string of the molecule is CC1CC(c2ccc(F)cc2)C1.O=C(O)Cl. The first-order valence-corrected chi connectivity index (χ1v) is 5.50. The molecule has 1 fully saturated rings. The summed E-state index contributed by atoms with van der Waals surface area (Å²) in [7, 11) is 0. The predicted molar refractivity (Wildman–Crippen MR) is 61.4 cm³/mol. The van der Waals surface area contributed by atoms with Gasteiger partial charge in [-0.05, 0) is 42.4 Å². The molecule has 0 aliphatic heterocycles. The summed E-state index contributed by atoms with van der Waals surface area (Å²) in [6, 6.07) is 6.92. The lowest BCUT2D eigenvalue weighted by molar-refractivity contribution is 0.220. The molecule has 0 bridgehead atoms. The van der Waals surface area contributed by atoms with Crippen LogP contribution in [0.5, 0.6) is 0 Å². The van der Waals surface area contributed by atoms with Gasteiger partial charge < -0.3 is 5.11 Å². The molecule has 2 nitrogen and oxygen atoms in total. The Morgan fingerprint density at radius 1 is 1.38 bits per heavy atom. The summed E-state index contributed by atoms with van der Waals surface area (Å²) in [4.78, 5) is 8.77. The van der Waals surface area contributed by atoms with Crippen LogP contribution < -0.4 is 0 Å². The first kappa shape index (κ1) is 13.0. The molecule has 2 rings (SSSR count). The van der Waals surface area contributed by atoms with Crippen molar-refractivity contribution in [3.05, 3.63) is 35.6 Å². The van der Waals surface area contributed by atoms with Gasteiger partial charge in [0.05, 0.1) is 0 Å². The Balaban J connectivity index is 0.000000280. The number of benzene rings is 1. The van der Waals surface area contributed by atoms with E-state index in [0.29, 0.717) is 5.92 Å². The van der Waals surface area contributed by atoms with Gasteiger partial charge in [-0.1, -0.05) is 19.1 Å². The Bertz CT molecular complexity index is 341. The molecule has 0 radical (unpaired) electrons. The van der Waals surface area contributed by atoms with E-state index in [1.807, 2.05) is 12.1 Å². The zero-order chi connectivity index (χ0) is 12.1. The van der Waals surface area contributed by atoms with Crippen molar-refractivity contribution in [2.24, 2.45) is 5.92 Å². The smallest absolute Gasteiger partial charge is 0.401 e. The van der Waals surface area contributed by atoms with Crippen molar-refractivity contribution in [1.29, 1.82) is 0 Å². The molecule has 1 aliphatic carbocycles. The van der Waals surface area contributed by atoms with Crippen molar-refractivity contribution < 1.29 is 14.3 Å². The average Bonchev–Trinajstić information content (AvgIpc) is 2.14. The first-order valence-electron chi connectivity index (χ1n) is 5.13. The second kappa shape index (κ2) is 5.85. The summed E-state index contributed by atoms with van der Waals surface area (Å²) in [6.07, 6.45) is 2.54. The van der Waals surface area contributed by atoms with Gasteiger partial charge in [0.1, 0.15) is 5.82 Å². The normalized spacial score (nSPS) is 22.7. The molecule has 1 saturated carbocycles. The Labute approximate surface area is 99.0 Å². The van der Waals surface area contributed by atoms with E-state index in [0.717, 1.165) is 5.92 Å². The minimum atomic E-state index is -1.36. The van der Waals surface area contributed by atoms with Crippen molar-refractivity contribution >= 4 is 17.0 Å². The molecule has 0 atom stereocenters. The molecule has 4 heteroatoms. The second-order valence-electron chi connectivity index (χ2n) is 4.08. The Morgan fingerprint density at radius 3 is 2.19 bits per heavy atom. The van der Waals surface area contributed by atoms with Gasteiger partial charge in [-0.25, -0.2) is 9.18 Å². The van der Waals surface area contributed by atoms with Crippen molar-refractivity contribution in [2.45, 2.75) is 25.7 Å². The third-order valence-corrected chi connectivity index (χ3v) is 2.72. The molecule has 0 unspecified atom stereocenters. The average molecular weight is 245 g/mol. The van der Waals surface area contributed by atoms with Gasteiger partial charge in [-0.2, -0.15) is 0 Å². The maximum Gasteiger partial charge on any atom is 0.401 e. The highest BCUT2D eigenvalue weighted by molar-refractivity contribution is 6.60. The molecule has 1 N–H and O–H groups in total. The summed E-state index contributed by atoms with van der Waals surface area (Å²) < 4.78 is 12.5. The lowest BCUT2D eigenvalue weighted by atomic mass is 9.72. The van der Waals surface area contributed by atoms with E-state index in [9.17, 15) is 4.39 Å². The van der Waals surface area contributed by atoms with Gasteiger partial charge in [0.25, 0.3) is 0 Å². The van der Waals surface area contributed by atoms with Crippen LogP contribution in [0.4, 0.5) is 9.18 Å². The summed E-state index contributed by atoms with van der Waals surface area (Å²) in [5.41, 5.74) is -0.0606. The van der Waals surface area contributed by atoms with Gasteiger partial charge in [0, 0.05) is 11.6 Å². The highest BCUT2D eigenvalue weighted by atomic mass is 35.5. The van der Waals surface area contributed by atoms with Crippen LogP contribution in [0.3, 0.4) is 0 Å². The van der Waals surface area contributed by atoms with Crippen molar-refractivity contribution in [1.82, 2.24) is 0 Å². The van der Waals surface area contributed by atoms with Gasteiger partial charge >= 0.3 is 5.43 Å². The van der Waals surface area contributed by atoms with Crippen molar-refractivity contribution in [3.8, 4) is 0 Å². The number of carbonyl (C=O) groups is 1. The fourth-order valence-corrected chi connectivity index (χ4v) is 1.91. The molecular formula is C12H14ClFO2. The standard InChI is InChI=1S/C11H13F.CHClO2/c1-8-6-10(7-8)9-2-4-11(12)5-3-9;2-1(3)4/h2-5,8,10H,6-7H2,1H3;(H,3,4). The van der Waals surface area contributed by atoms with Crippen LogP contribution in [-0.2, 0) is 0 Å². The summed E-state index contributed by atoms with van der Waals surface area (Å²) in [5, 5.41) is 7.18. The second-order valence-corrected chi connectivity index (χ2v) is 4.40. The maximum absolute atomic E-state index is 12.5. The van der Waals surface area contributed by atoms with Gasteiger partial charge in [-0.15, -0.1) is 0 Å². The van der Waals surface area contributed by atoms with Crippen LogP contribution in [-0.4, -0.2) is 10.5 Å². The first-order chi connectivity index (χ1) is 7.49. The van der Waals surface area contributed by atoms with Gasteiger partial charge in [0.15, 0.2) is 0 Å². The molecular weight excluding hydrogens is 231 g/mol. The van der Waals surface area contributed by atoms with Crippen LogP contribution in [0.2, 0.25) is 0 Å².